The van der Waals surface area contributed by atoms with Crippen molar-refractivity contribution in [3.05, 3.63) is 53.4 Å². The number of halogens is 2. The van der Waals surface area contributed by atoms with Crippen LogP contribution in [-0.2, 0) is 0 Å². The molecule has 0 amide bonds. The highest BCUT2D eigenvalue weighted by molar-refractivity contribution is 5.64. The van der Waals surface area contributed by atoms with Crippen LogP contribution in [0, 0.1) is 17.0 Å². The maximum Gasteiger partial charge on any atom is 0.133 e. The van der Waals surface area contributed by atoms with Crippen molar-refractivity contribution in [1.29, 1.82) is 0 Å². The van der Waals surface area contributed by atoms with E-state index in [2.05, 4.69) is 13.8 Å². The van der Waals surface area contributed by atoms with E-state index in [1.54, 1.807) is 13.1 Å². The van der Waals surface area contributed by atoms with Crippen molar-refractivity contribution < 1.29 is 19.0 Å². The summed E-state index contributed by atoms with van der Waals surface area (Å²) in [6.07, 6.45) is 5.12. The molecular formula is C20H29F2NO2. The lowest BCUT2D eigenvalue weighted by Crippen LogP contribution is -2.31. The van der Waals surface area contributed by atoms with Gasteiger partial charge in [-0.2, -0.15) is 0 Å². The summed E-state index contributed by atoms with van der Waals surface area (Å²) in [7, 11) is 0. The average molecular weight is 353 g/mol. The second-order valence-electron chi connectivity index (χ2n) is 6.88. The van der Waals surface area contributed by atoms with Gasteiger partial charge in [-0.05, 0) is 55.4 Å². The van der Waals surface area contributed by atoms with Crippen molar-refractivity contribution in [2.45, 2.75) is 40.5 Å². The van der Waals surface area contributed by atoms with Gasteiger partial charge in [0.15, 0.2) is 0 Å². The van der Waals surface area contributed by atoms with E-state index in [4.69, 9.17) is 0 Å². The van der Waals surface area contributed by atoms with Gasteiger partial charge in [0.2, 0.25) is 0 Å². The van der Waals surface area contributed by atoms with E-state index < -0.39 is 11.6 Å². The summed E-state index contributed by atoms with van der Waals surface area (Å²) in [6, 6.07) is 3.52. The Bertz CT molecular complexity index is 628. The minimum atomic E-state index is -0.608. The van der Waals surface area contributed by atoms with Gasteiger partial charge in [-0.3, -0.25) is 0 Å². The molecular weight excluding hydrogens is 324 g/mol. The third-order valence-electron chi connectivity index (χ3n) is 4.48. The third kappa shape index (κ3) is 6.59. The van der Waals surface area contributed by atoms with Crippen molar-refractivity contribution in [2.24, 2.45) is 5.41 Å². The lowest BCUT2D eigenvalue weighted by Gasteiger charge is -2.33. The molecule has 1 aromatic rings. The number of hydrogen-bond acceptors (Lipinski definition) is 3. The maximum absolute atomic E-state index is 14.0. The van der Waals surface area contributed by atoms with Crippen LogP contribution in [0.2, 0.25) is 0 Å². The Kier molecular flexibility index (Phi) is 8.26. The smallest absolute Gasteiger partial charge is 0.133 e. The van der Waals surface area contributed by atoms with Crippen molar-refractivity contribution in [1.82, 2.24) is 4.90 Å². The van der Waals surface area contributed by atoms with Crippen LogP contribution in [0.3, 0.4) is 0 Å². The van der Waals surface area contributed by atoms with E-state index in [1.807, 2.05) is 18.0 Å². The molecule has 140 valence electrons. The first kappa shape index (κ1) is 21.3. The molecule has 0 heterocycles. The number of rotatable bonds is 9. The van der Waals surface area contributed by atoms with Crippen LogP contribution in [0.1, 0.15) is 46.1 Å². The summed E-state index contributed by atoms with van der Waals surface area (Å²) < 4.78 is 27.1. The standard InChI is InChI=1S/C20H29F2NO2/c1-5-20(4,8-9-24)14-23(11-15(2)13-25)12-16(3)18-7-6-17(21)10-19(18)22/h6-7,10-12,24-25H,5,8-9,13-14H2,1-4H3/b15-11+,16-12+. The second-order valence-corrected chi connectivity index (χ2v) is 6.88. The van der Waals surface area contributed by atoms with E-state index >= 15 is 0 Å². The van der Waals surface area contributed by atoms with Crippen LogP contribution in [0.4, 0.5) is 8.78 Å². The van der Waals surface area contributed by atoms with E-state index in [1.165, 1.54) is 12.1 Å². The van der Waals surface area contributed by atoms with Crippen LogP contribution in [0.5, 0.6) is 0 Å². The first-order chi connectivity index (χ1) is 11.7. The van der Waals surface area contributed by atoms with Crippen LogP contribution in [0.15, 0.2) is 36.2 Å². The highest BCUT2D eigenvalue weighted by Gasteiger charge is 2.23. The van der Waals surface area contributed by atoms with Crippen molar-refractivity contribution in [2.75, 3.05) is 19.8 Å². The molecule has 0 fully saturated rings. The van der Waals surface area contributed by atoms with E-state index in [-0.39, 0.29) is 18.6 Å². The Morgan fingerprint density at radius 2 is 1.88 bits per heavy atom. The summed E-state index contributed by atoms with van der Waals surface area (Å²) in [6.45, 7) is 8.35. The fourth-order valence-electron chi connectivity index (χ4n) is 2.66. The van der Waals surface area contributed by atoms with Gasteiger partial charge in [0.1, 0.15) is 11.6 Å². The highest BCUT2D eigenvalue weighted by atomic mass is 19.1. The third-order valence-corrected chi connectivity index (χ3v) is 4.48. The van der Waals surface area contributed by atoms with E-state index in [9.17, 15) is 19.0 Å². The zero-order valence-corrected chi connectivity index (χ0v) is 15.5. The van der Waals surface area contributed by atoms with Gasteiger partial charge in [0.25, 0.3) is 0 Å². The Balaban J connectivity index is 3.18. The predicted octanol–water partition coefficient (Wildman–Crippen LogP) is 4.32. The molecule has 1 rings (SSSR count). The van der Waals surface area contributed by atoms with Gasteiger partial charge in [-0.15, -0.1) is 0 Å². The van der Waals surface area contributed by atoms with Gasteiger partial charge in [-0.1, -0.05) is 13.8 Å². The minimum Gasteiger partial charge on any atom is -0.396 e. The van der Waals surface area contributed by atoms with Crippen molar-refractivity contribution in [3.63, 3.8) is 0 Å². The lowest BCUT2D eigenvalue weighted by molar-refractivity contribution is 0.164. The summed E-state index contributed by atoms with van der Waals surface area (Å²) in [5.41, 5.74) is 1.63. The van der Waals surface area contributed by atoms with Gasteiger partial charge in [0, 0.05) is 37.2 Å². The SMILES string of the molecule is CCC(C)(CCO)CN(/C=C(\C)CO)/C=C(\C)c1ccc(F)cc1F. The first-order valence-electron chi connectivity index (χ1n) is 8.53. The van der Waals surface area contributed by atoms with Crippen LogP contribution in [0.25, 0.3) is 5.57 Å². The maximum atomic E-state index is 14.0. The van der Waals surface area contributed by atoms with Crippen LogP contribution in [-0.4, -0.2) is 34.9 Å². The molecule has 0 aromatic heterocycles. The summed E-state index contributed by atoms with van der Waals surface area (Å²) >= 11 is 0. The number of allylic oxidation sites excluding steroid dienone is 1. The molecule has 0 radical (unpaired) electrons. The summed E-state index contributed by atoms with van der Waals surface area (Å²) in [5, 5.41) is 18.6. The molecule has 0 aliphatic carbocycles. The van der Waals surface area contributed by atoms with Gasteiger partial charge < -0.3 is 15.1 Å². The first-order valence-corrected chi connectivity index (χ1v) is 8.53. The number of benzene rings is 1. The Morgan fingerprint density at radius 3 is 2.40 bits per heavy atom. The molecule has 0 bridgehead atoms. The quantitative estimate of drug-likeness (QED) is 0.695. The zero-order valence-electron chi connectivity index (χ0n) is 15.5. The van der Waals surface area contributed by atoms with Gasteiger partial charge in [0.05, 0.1) is 6.61 Å². The van der Waals surface area contributed by atoms with E-state index in [0.29, 0.717) is 24.1 Å². The van der Waals surface area contributed by atoms with Crippen molar-refractivity contribution >= 4 is 5.57 Å². The number of aliphatic hydroxyl groups is 2. The highest BCUT2D eigenvalue weighted by Crippen LogP contribution is 2.28. The molecule has 0 saturated carbocycles. The molecule has 1 aromatic carbocycles. The summed E-state index contributed by atoms with van der Waals surface area (Å²) in [4.78, 5) is 1.91. The second kappa shape index (κ2) is 9.68. The predicted molar refractivity (Wildman–Crippen MR) is 97.7 cm³/mol. The largest absolute Gasteiger partial charge is 0.396 e. The normalized spacial score (nSPS) is 15.2. The average Bonchev–Trinajstić information content (AvgIpc) is 2.54. The zero-order chi connectivity index (χ0) is 19.0. The Hall–Kier alpha value is -1.72. The van der Waals surface area contributed by atoms with E-state index in [0.717, 1.165) is 18.1 Å². The molecule has 1 atom stereocenters. The number of nitrogens with zero attached hydrogens (tertiary/aromatic N) is 1. The fraction of sp³-hybridized carbons (Fsp3) is 0.500. The number of aliphatic hydroxyl groups excluding tert-OH is 2. The molecule has 0 spiro atoms. The molecule has 0 saturated heterocycles. The molecule has 25 heavy (non-hydrogen) atoms. The fourth-order valence-corrected chi connectivity index (χ4v) is 2.66. The topological polar surface area (TPSA) is 43.7 Å². The Labute approximate surface area is 149 Å². The number of hydrogen-bond donors (Lipinski definition) is 2. The summed E-state index contributed by atoms with van der Waals surface area (Å²) in [5.74, 6) is -1.21. The van der Waals surface area contributed by atoms with Crippen LogP contribution >= 0.6 is 0 Å². The van der Waals surface area contributed by atoms with Crippen molar-refractivity contribution in [3.8, 4) is 0 Å². The van der Waals surface area contributed by atoms with Gasteiger partial charge in [-0.25, -0.2) is 8.78 Å². The molecule has 2 N–H and O–H groups in total. The molecule has 5 heteroatoms. The molecule has 0 aliphatic rings. The minimum absolute atomic E-state index is 0.0723. The van der Waals surface area contributed by atoms with Crippen LogP contribution < -0.4 is 0 Å². The monoisotopic (exact) mass is 353 g/mol. The molecule has 0 aliphatic heterocycles. The molecule has 1 unspecified atom stereocenters. The lowest BCUT2D eigenvalue weighted by atomic mass is 9.83. The van der Waals surface area contributed by atoms with Gasteiger partial charge >= 0.3 is 0 Å². The molecule has 3 nitrogen and oxygen atoms in total. The Morgan fingerprint density at radius 1 is 1.20 bits per heavy atom.